The summed E-state index contributed by atoms with van der Waals surface area (Å²) in [5.41, 5.74) is -0.630. The van der Waals surface area contributed by atoms with E-state index in [4.69, 9.17) is 4.74 Å². The van der Waals surface area contributed by atoms with Crippen LogP contribution in [0.25, 0.3) is 0 Å². The lowest BCUT2D eigenvalue weighted by Gasteiger charge is -2.62. The van der Waals surface area contributed by atoms with Gasteiger partial charge in [-0.05, 0) is 88.9 Å². The summed E-state index contributed by atoms with van der Waals surface area (Å²) >= 11 is 0. The molecule has 0 amide bonds. The van der Waals surface area contributed by atoms with Crippen LogP contribution in [0.1, 0.15) is 93.4 Å². The van der Waals surface area contributed by atoms with E-state index in [-0.39, 0.29) is 22.4 Å². The topological polar surface area (TPSA) is 26.3 Å². The van der Waals surface area contributed by atoms with Crippen LogP contribution in [-0.2, 0) is 9.53 Å². The summed E-state index contributed by atoms with van der Waals surface area (Å²) in [6, 6.07) is 0. The van der Waals surface area contributed by atoms with Crippen LogP contribution in [0.3, 0.4) is 0 Å². The van der Waals surface area contributed by atoms with Crippen molar-refractivity contribution in [3.8, 4) is 0 Å². The van der Waals surface area contributed by atoms with E-state index < -0.39 is 5.41 Å². The minimum atomic E-state index is -0.424. The van der Waals surface area contributed by atoms with Gasteiger partial charge in [-0.25, -0.2) is 0 Å². The predicted octanol–water partition coefficient (Wildman–Crippen LogP) is 5.99. The normalized spacial score (nSPS) is 38.0. The average molecular weight is 335 g/mol. The minimum absolute atomic E-state index is 0.0123. The van der Waals surface area contributed by atoms with E-state index in [1.165, 1.54) is 38.5 Å². The first kappa shape index (κ1) is 18.3. The Balaban J connectivity index is 1.82. The van der Waals surface area contributed by atoms with Gasteiger partial charge in [0.15, 0.2) is 0 Å². The van der Waals surface area contributed by atoms with Crippen molar-refractivity contribution in [2.24, 2.45) is 34.0 Å². The Kier molecular flexibility index (Phi) is 4.17. The van der Waals surface area contributed by atoms with Gasteiger partial charge in [0.2, 0.25) is 0 Å². The Morgan fingerprint density at radius 3 is 1.67 bits per heavy atom. The Morgan fingerprint density at radius 1 is 0.917 bits per heavy atom. The molecule has 4 fully saturated rings. The van der Waals surface area contributed by atoms with Gasteiger partial charge in [-0.1, -0.05) is 27.7 Å². The molecule has 4 bridgehead atoms. The summed E-state index contributed by atoms with van der Waals surface area (Å²) in [6.07, 6.45) is 8.94. The molecule has 0 aromatic rings. The number of ether oxygens (including phenoxy) is 1. The molecule has 1 atom stereocenters. The van der Waals surface area contributed by atoms with Crippen molar-refractivity contribution in [3.63, 3.8) is 0 Å². The van der Waals surface area contributed by atoms with Gasteiger partial charge in [-0.3, -0.25) is 4.79 Å². The molecule has 2 nitrogen and oxygen atoms in total. The van der Waals surface area contributed by atoms with Crippen molar-refractivity contribution >= 4 is 5.97 Å². The molecule has 0 aromatic carbocycles. The molecule has 0 aromatic heterocycles. The highest BCUT2D eigenvalue weighted by Crippen LogP contribution is 2.64. The molecule has 4 aliphatic carbocycles. The molecule has 0 spiro atoms. The molecule has 0 radical (unpaired) electrons. The van der Waals surface area contributed by atoms with Crippen molar-refractivity contribution in [1.29, 1.82) is 0 Å². The van der Waals surface area contributed by atoms with E-state index in [2.05, 4.69) is 48.5 Å². The number of esters is 1. The number of carbonyl (C=O) groups excluding carboxylic acids is 1. The maximum Gasteiger partial charge on any atom is 0.312 e. The summed E-state index contributed by atoms with van der Waals surface area (Å²) in [7, 11) is 0. The number of hydrogen-bond acceptors (Lipinski definition) is 2. The SMILES string of the molecule is CCC(C)(C(=O)OC(C)(C)C12CC3CC(CC(C3)C1)C2)C(C)(C)C. The quantitative estimate of drug-likeness (QED) is 0.590. The van der Waals surface area contributed by atoms with E-state index in [1.54, 1.807) is 0 Å². The molecule has 2 heteroatoms. The molecular weight excluding hydrogens is 296 g/mol. The highest BCUT2D eigenvalue weighted by Gasteiger charge is 2.59. The maximum absolute atomic E-state index is 13.2. The fourth-order valence-electron chi connectivity index (χ4n) is 6.28. The summed E-state index contributed by atoms with van der Waals surface area (Å²) in [4.78, 5) is 13.2. The van der Waals surface area contributed by atoms with Gasteiger partial charge in [-0.2, -0.15) is 0 Å². The van der Waals surface area contributed by atoms with Crippen LogP contribution in [0, 0.1) is 34.0 Å². The fourth-order valence-corrected chi connectivity index (χ4v) is 6.28. The highest BCUT2D eigenvalue weighted by atomic mass is 16.6. The second-order valence-electron chi connectivity index (χ2n) is 11.0. The van der Waals surface area contributed by atoms with Crippen LogP contribution in [0.4, 0.5) is 0 Å². The molecule has 24 heavy (non-hydrogen) atoms. The largest absolute Gasteiger partial charge is 0.459 e. The molecule has 0 saturated heterocycles. The summed E-state index contributed by atoms with van der Waals surface area (Å²) in [5.74, 6) is 2.66. The lowest BCUT2D eigenvalue weighted by molar-refractivity contribution is -0.211. The smallest absolute Gasteiger partial charge is 0.312 e. The van der Waals surface area contributed by atoms with E-state index >= 15 is 0 Å². The van der Waals surface area contributed by atoms with Gasteiger partial charge >= 0.3 is 5.97 Å². The van der Waals surface area contributed by atoms with Crippen molar-refractivity contribution in [2.45, 2.75) is 99.0 Å². The summed E-state index contributed by atoms with van der Waals surface area (Å²) in [6.45, 7) is 15.1. The average Bonchev–Trinajstić information content (AvgIpc) is 2.42. The molecule has 4 saturated carbocycles. The van der Waals surface area contributed by atoms with Gasteiger partial charge in [0.05, 0.1) is 5.41 Å². The zero-order valence-corrected chi connectivity index (χ0v) is 17.0. The molecule has 0 N–H and O–H groups in total. The zero-order valence-electron chi connectivity index (χ0n) is 17.0. The third-order valence-corrected chi connectivity index (χ3v) is 8.48. The lowest BCUT2D eigenvalue weighted by atomic mass is 9.46. The standard InChI is InChI=1S/C22H38O2/c1-8-21(7,19(2,3)4)18(23)24-20(5,6)22-12-15-9-16(13-22)11-17(10-15)14-22/h15-17H,8-14H2,1-7H3. The second kappa shape index (κ2) is 5.48. The van der Waals surface area contributed by atoms with Crippen LogP contribution in [0.15, 0.2) is 0 Å². The van der Waals surface area contributed by atoms with E-state index in [9.17, 15) is 4.79 Å². The maximum atomic E-state index is 13.2. The van der Waals surface area contributed by atoms with Crippen molar-refractivity contribution < 1.29 is 9.53 Å². The van der Waals surface area contributed by atoms with Crippen LogP contribution in [0.5, 0.6) is 0 Å². The van der Waals surface area contributed by atoms with Gasteiger partial charge in [-0.15, -0.1) is 0 Å². The van der Waals surface area contributed by atoms with Crippen molar-refractivity contribution in [2.75, 3.05) is 0 Å². The number of carbonyl (C=O) groups is 1. The second-order valence-corrected chi connectivity index (χ2v) is 11.0. The van der Waals surface area contributed by atoms with Gasteiger partial charge in [0, 0.05) is 5.41 Å². The monoisotopic (exact) mass is 334 g/mol. The first-order chi connectivity index (χ1) is 10.9. The van der Waals surface area contributed by atoms with Gasteiger partial charge in [0.1, 0.15) is 5.60 Å². The Morgan fingerprint density at radius 2 is 1.33 bits per heavy atom. The van der Waals surface area contributed by atoms with E-state index in [1.807, 2.05) is 0 Å². The first-order valence-corrected chi connectivity index (χ1v) is 10.2. The fraction of sp³-hybridized carbons (Fsp3) is 0.955. The third-order valence-electron chi connectivity index (χ3n) is 8.48. The predicted molar refractivity (Wildman–Crippen MR) is 98.6 cm³/mol. The van der Waals surface area contributed by atoms with Crippen LogP contribution >= 0.6 is 0 Å². The van der Waals surface area contributed by atoms with Gasteiger partial charge in [0.25, 0.3) is 0 Å². The van der Waals surface area contributed by atoms with Crippen LogP contribution in [0.2, 0.25) is 0 Å². The Labute approximate surface area is 149 Å². The number of hydrogen-bond donors (Lipinski definition) is 0. The molecule has 4 aliphatic rings. The molecular formula is C22H38O2. The molecule has 4 rings (SSSR count). The summed E-state index contributed by atoms with van der Waals surface area (Å²) in [5, 5.41) is 0. The third kappa shape index (κ3) is 2.63. The molecule has 138 valence electrons. The number of rotatable bonds is 4. The molecule has 1 unspecified atom stereocenters. The van der Waals surface area contributed by atoms with Crippen molar-refractivity contribution in [1.82, 2.24) is 0 Å². The van der Waals surface area contributed by atoms with Crippen LogP contribution in [-0.4, -0.2) is 11.6 Å². The first-order valence-electron chi connectivity index (χ1n) is 10.2. The van der Waals surface area contributed by atoms with E-state index in [0.717, 1.165) is 24.2 Å². The Hall–Kier alpha value is -0.530. The zero-order chi connectivity index (χ0) is 18.0. The highest BCUT2D eigenvalue weighted by molar-refractivity contribution is 5.77. The summed E-state index contributed by atoms with van der Waals surface area (Å²) < 4.78 is 6.37. The molecule has 0 aliphatic heterocycles. The lowest BCUT2D eigenvalue weighted by Crippen LogP contribution is -2.58. The van der Waals surface area contributed by atoms with E-state index in [0.29, 0.717) is 0 Å². The van der Waals surface area contributed by atoms with Crippen LogP contribution < -0.4 is 0 Å². The Bertz CT molecular complexity index is 475. The van der Waals surface area contributed by atoms with Gasteiger partial charge < -0.3 is 4.74 Å². The minimum Gasteiger partial charge on any atom is -0.459 e. The molecule has 0 heterocycles. The van der Waals surface area contributed by atoms with Crippen molar-refractivity contribution in [3.05, 3.63) is 0 Å².